The van der Waals surface area contributed by atoms with Crippen LogP contribution >= 0.6 is 0 Å². The van der Waals surface area contributed by atoms with E-state index in [0.717, 1.165) is 30.3 Å². The monoisotopic (exact) mass is 315 g/mol. The quantitative estimate of drug-likeness (QED) is 0.256. The van der Waals surface area contributed by atoms with Gasteiger partial charge in [0.1, 0.15) is 0 Å². The van der Waals surface area contributed by atoms with Crippen LogP contribution in [0.15, 0.2) is 41.3 Å². The summed E-state index contributed by atoms with van der Waals surface area (Å²) < 4.78 is 33.0. The largest absolute Gasteiger partial charge is 0.466 e. The fourth-order valence-corrected chi connectivity index (χ4v) is 2.35. The van der Waals surface area contributed by atoms with Gasteiger partial charge in [0.2, 0.25) is 0 Å². The van der Waals surface area contributed by atoms with Crippen molar-refractivity contribution < 1.29 is 27.1 Å². The molecule has 0 radical (unpaired) electrons. The first-order valence-electron chi connectivity index (χ1n) is 5.70. The summed E-state index contributed by atoms with van der Waals surface area (Å²) in [5.41, 5.74) is -0.229. The van der Waals surface area contributed by atoms with Crippen molar-refractivity contribution in [3.05, 3.63) is 46.5 Å². The highest BCUT2D eigenvalue weighted by atomic mass is 32.2. The molecule has 0 fully saturated rings. The maximum Gasteiger partial charge on any atom is 0.330 e. The first kappa shape index (κ1) is 16.8. The lowest BCUT2D eigenvalue weighted by atomic mass is 10.3. The van der Waals surface area contributed by atoms with Gasteiger partial charge in [0.25, 0.3) is 15.8 Å². The highest BCUT2D eigenvalue weighted by molar-refractivity contribution is 7.86. The number of nitro benzene ring substituents is 1. The number of benzene rings is 1. The van der Waals surface area contributed by atoms with E-state index in [1.807, 2.05) is 0 Å². The molecule has 0 saturated carbocycles. The summed E-state index contributed by atoms with van der Waals surface area (Å²) in [4.78, 5) is 20.5. The zero-order chi connectivity index (χ0) is 16.0. The van der Waals surface area contributed by atoms with Crippen LogP contribution in [0.1, 0.15) is 6.92 Å². The van der Waals surface area contributed by atoms with Crippen molar-refractivity contribution in [2.24, 2.45) is 0 Å². The van der Waals surface area contributed by atoms with Crippen LogP contribution in [0.2, 0.25) is 0 Å². The number of ether oxygens (including phenoxy) is 1. The van der Waals surface area contributed by atoms with E-state index in [-0.39, 0.29) is 10.6 Å². The number of nitrogens with zero attached hydrogens (tertiary/aromatic N) is 1. The zero-order valence-electron chi connectivity index (χ0n) is 11.3. The molecule has 0 aliphatic heterocycles. The van der Waals surface area contributed by atoms with Crippen LogP contribution in [0.25, 0.3) is 0 Å². The van der Waals surface area contributed by atoms with E-state index < -0.39 is 27.1 Å². The van der Waals surface area contributed by atoms with Crippen molar-refractivity contribution in [2.75, 3.05) is 7.11 Å². The van der Waals surface area contributed by atoms with Gasteiger partial charge in [-0.25, -0.2) is 4.79 Å². The van der Waals surface area contributed by atoms with Crippen LogP contribution in [-0.4, -0.2) is 32.5 Å². The van der Waals surface area contributed by atoms with Crippen molar-refractivity contribution in [1.29, 1.82) is 0 Å². The second kappa shape index (κ2) is 6.95. The Labute approximate surface area is 121 Å². The van der Waals surface area contributed by atoms with Crippen LogP contribution in [0.5, 0.6) is 0 Å². The summed E-state index contributed by atoms with van der Waals surface area (Å²) in [7, 11) is -2.90. The molecule has 1 aromatic rings. The molecule has 0 aromatic heterocycles. The van der Waals surface area contributed by atoms with E-state index in [4.69, 9.17) is 4.18 Å². The van der Waals surface area contributed by atoms with Gasteiger partial charge in [0, 0.05) is 18.2 Å². The van der Waals surface area contributed by atoms with Gasteiger partial charge in [-0.2, -0.15) is 8.42 Å². The molecule has 0 spiro atoms. The standard InChI is InChI=1S/C12H13NO7S/c1-9(3-8-12(14)19-2)20-21(17,18)11-6-4-10(5-7-11)13(15)16/h3-9H,1-2H3/b8-3+. The Morgan fingerprint density at radius 3 is 2.38 bits per heavy atom. The first-order valence-corrected chi connectivity index (χ1v) is 7.11. The lowest BCUT2D eigenvalue weighted by molar-refractivity contribution is -0.384. The van der Waals surface area contributed by atoms with Gasteiger partial charge in [-0.1, -0.05) is 0 Å². The third-order valence-corrected chi connectivity index (χ3v) is 3.73. The number of methoxy groups -OCH3 is 1. The van der Waals surface area contributed by atoms with Crippen LogP contribution < -0.4 is 0 Å². The maximum absolute atomic E-state index is 11.9. The average molecular weight is 315 g/mol. The van der Waals surface area contributed by atoms with Crippen molar-refractivity contribution in [1.82, 2.24) is 0 Å². The predicted molar refractivity (Wildman–Crippen MR) is 72.0 cm³/mol. The normalized spacial score (nSPS) is 13.0. The Balaban J connectivity index is 2.84. The van der Waals surface area contributed by atoms with Crippen molar-refractivity contribution >= 4 is 21.8 Å². The summed E-state index contributed by atoms with van der Waals surface area (Å²) in [6.07, 6.45) is 1.36. The second-order valence-electron chi connectivity index (χ2n) is 3.89. The van der Waals surface area contributed by atoms with Crippen molar-refractivity contribution in [3.8, 4) is 0 Å². The van der Waals surface area contributed by atoms with E-state index in [1.165, 1.54) is 20.1 Å². The molecule has 9 heteroatoms. The fraction of sp³-hybridized carbons (Fsp3) is 0.250. The van der Waals surface area contributed by atoms with Crippen LogP contribution in [0.4, 0.5) is 5.69 Å². The van der Waals surface area contributed by atoms with Gasteiger partial charge in [-0.15, -0.1) is 0 Å². The Bertz CT molecular complexity index is 649. The van der Waals surface area contributed by atoms with Gasteiger partial charge < -0.3 is 4.74 Å². The summed E-state index contributed by atoms with van der Waals surface area (Å²) in [5, 5.41) is 10.5. The minimum Gasteiger partial charge on any atom is -0.466 e. The molecule has 114 valence electrons. The number of carbonyl (C=O) groups is 1. The molecule has 1 aromatic carbocycles. The molecule has 1 atom stereocenters. The topological polar surface area (TPSA) is 113 Å². The minimum atomic E-state index is -4.08. The number of nitro groups is 1. The number of esters is 1. The van der Waals surface area contributed by atoms with Gasteiger partial charge >= 0.3 is 5.97 Å². The van der Waals surface area contributed by atoms with E-state index in [0.29, 0.717) is 0 Å². The highest BCUT2D eigenvalue weighted by Crippen LogP contribution is 2.18. The third-order valence-electron chi connectivity index (χ3n) is 2.32. The molecule has 0 heterocycles. The van der Waals surface area contributed by atoms with Crippen LogP contribution in [0, 0.1) is 10.1 Å². The molecular weight excluding hydrogens is 302 g/mol. The van der Waals surface area contributed by atoms with Gasteiger partial charge in [0.05, 0.1) is 23.0 Å². The average Bonchev–Trinajstić information content (AvgIpc) is 2.44. The molecule has 0 amide bonds. The summed E-state index contributed by atoms with van der Waals surface area (Å²) >= 11 is 0. The van der Waals surface area contributed by atoms with Crippen molar-refractivity contribution in [2.45, 2.75) is 17.9 Å². The molecule has 0 aliphatic rings. The lowest BCUT2D eigenvalue weighted by Gasteiger charge is -2.09. The summed E-state index contributed by atoms with van der Waals surface area (Å²) in [6, 6.07) is 4.27. The van der Waals surface area contributed by atoms with Crippen LogP contribution in [-0.2, 0) is 23.8 Å². The number of carbonyl (C=O) groups excluding carboxylic acids is 1. The van der Waals surface area contributed by atoms with Crippen LogP contribution in [0.3, 0.4) is 0 Å². The molecule has 21 heavy (non-hydrogen) atoms. The third kappa shape index (κ3) is 4.97. The zero-order valence-corrected chi connectivity index (χ0v) is 12.1. The lowest BCUT2D eigenvalue weighted by Crippen LogP contribution is -2.14. The van der Waals surface area contributed by atoms with E-state index in [9.17, 15) is 23.3 Å². The minimum absolute atomic E-state index is 0.216. The molecule has 0 bridgehead atoms. The van der Waals surface area contributed by atoms with E-state index >= 15 is 0 Å². The Morgan fingerprint density at radius 1 is 1.33 bits per heavy atom. The van der Waals surface area contributed by atoms with Gasteiger partial charge in [-0.05, 0) is 25.1 Å². The summed E-state index contributed by atoms with van der Waals surface area (Å²) in [6.45, 7) is 1.42. The highest BCUT2D eigenvalue weighted by Gasteiger charge is 2.19. The fourth-order valence-electron chi connectivity index (χ4n) is 1.30. The molecular formula is C12H13NO7S. The summed E-state index contributed by atoms with van der Waals surface area (Å²) in [5.74, 6) is -0.641. The molecule has 0 aliphatic carbocycles. The SMILES string of the molecule is COC(=O)/C=C/C(C)OS(=O)(=O)c1ccc([N+](=O)[O-])cc1. The number of hydrogen-bond donors (Lipinski definition) is 0. The smallest absolute Gasteiger partial charge is 0.330 e. The molecule has 1 unspecified atom stereocenters. The maximum atomic E-state index is 11.9. The number of hydrogen-bond acceptors (Lipinski definition) is 7. The molecule has 0 saturated heterocycles. The van der Waals surface area contributed by atoms with Crippen molar-refractivity contribution in [3.63, 3.8) is 0 Å². The molecule has 0 N–H and O–H groups in total. The number of non-ortho nitro benzene ring substituents is 1. The Morgan fingerprint density at radius 2 is 1.90 bits per heavy atom. The van der Waals surface area contributed by atoms with Gasteiger partial charge in [-0.3, -0.25) is 14.3 Å². The number of rotatable bonds is 6. The predicted octanol–water partition coefficient (Wildman–Crippen LogP) is 1.42. The van der Waals surface area contributed by atoms with Gasteiger partial charge in [0.15, 0.2) is 0 Å². The Hall–Kier alpha value is -2.26. The first-order chi connectivity index (χ1) is 9.76. The van der Waals surface area contributed by atoms with E-state index in [2.05, 4.69) is 4.74 Å². The molecule has 1 rings (SSSR count). The Kier molecular flexibility index (Phi) is 5.56. The second-order valence-corrected chi connectivity index (χ2v) is 5.46. The van der Waals surface area contributed by atoms with E-state index in [1.54, 1.807) is 0 Å². The molecule has 8 nitrogen and oxygen atoms in total.